The van der Waals surface area contributed by atoms with Crippen LogP contribution < -0.4 is 5.32 Å². The third-order valence-electron chi connectivity index (χ3n) is 3.70. The highest BCUT2D eigenvalue weighted by molar-refractivity contribution is 7.16. The number of rotatable bonds is 6. The molecule has 2 amide bonds. The molecule has 0 spiro atoms. The van der Waals surface area contributed by atoms with Crippen molar-refractivity contribution in [2.45, 2.75) is 32.7 Å². The molecule has 0 aliphatic carbocycles. The highest BCUT2D eigenvalue weighted by atomic mass is 35.5. The largest absolute Gasteiger partial charge is 0.338 e. The molecule has 1 aromatic carbocycles. The van der Waals surface area contributed by atoms with Crippen LogP contribution in [0.25, 0.3) is 0 Å². The number of urea groups is 1. The summed E-state index contributed by atoms with van der Waals surface area (Å²) in [5.74, 6) is 0.545. The second kappa shape index (κ2) is 8.37. The number of hydrogen-bond acceptors (Lipinski definition) is 2. The normalized spacial score (nSPS) is 10.8. The highest BCUT2D eigenvalue weighted by Gasteiger charge is 2.09. The van der Waals surface area contributed by atoms with Crippen molar-refractivity contribution >= 4 is 29.0 Å². The number of benzene rings is 1. The van der Waals surface area contributed by atoms with Crippen LogP contribution in [0, 0.1) is 0 Å². The third-order valence-corrected chi connectivity index (χ3v) is 4.92. The molecule has 0 fully saturated rings. The quantitative estimate of drug-likeness (QED) is 0.788. The van der Waals surface area contributed by atoms with Gasteiger partial charge in [-0.1, -0.05) is 49.7 Å². The number of nitrogens with zero attached hydrogens (tertiary/aromatic N) is 1. The first-order valence-electron chi connectivity index (χ1n) is 7.77. The molecule has 0 atom stereocenters. The number of hydrogen-bond donors (Lipinski definition) is 1. The molecule has 0 aliphatic heterocycles. The minimum Gasteiger partial charge on any atom is -0.338 e. The van der Waals surface area contributed by atoms with Gasteiger partial charge in [0.25, 0.3) is 0 Å². The van der Waals surface area contributed by atoms with E-state index in [1.54, 1.807) is 11.9 Å². The Balaban J connectivity index is 1.75. The Morgan fingerprint density at radius 2 is 1.91 bits per heavy atom. The highest BCUT2D eigenvalue weighted by Crippen LogP contribution is 2.22. The average molecular weight is 351 g/mol. The molecular weight excluding hydrogens is 328 g/mol. The van der Waals surface area contributed by atoms with Crippen molar-refractivity contribution in [3.05, 3.63) is 56.7 Å². The Hall–Kier alpha value is -1.52. The molecule has 0 unspecified atom stereocenters. The van der Waals surface area contributed by atoms with Gasteiger partial charge >= 0.3 is 6.03 Å². The zero-order chi connectivity index (χ0) is 16.8. The van der Waals surface area contributed by atoms with Crippen LogP contribution in [0.3, 0.4) is 0 Å². The lowest BCUT2D eigenvalue weighted by Gasteiger charge is -2.17. The van der Waals surface area contributed by atoms with E-state index in [2.05, 4.69) is 43.4 Å². The van der Waals surface area contributed by atoms with E-state index in [9.17, 15) is 4.79 Å². The van der Waals surface area contributed by atoms with Crippen LogP contribution in [0.2, 0.25) is 4.34 Å². The van der Waals surface area contributed by atoms with Gasteiger partial charge in [0, 0.05) is 18.5 Å². The van der Waals surface area contributed by atoms with Gasteiger partial charge in [-0.25, -0.2) is 4.79 Å². The molecule has 23 heavy (non-hydrogen) atoms. The van der Waals surface area contributed by atoms with Crippen LogP contribution in [0.4, 0.5) is 4.79 Å². The Labute approximate surface area is 147 Å². The molecule has 0 saturated heterocycles. The van der Waals surface area contributed by atoms with E-state index in [-0.39, 0.29) is 6.03 Å². The van der Waals surface area contributed by atoms with Crippen LogP contribution in [0.5, 0.6) is 0 Å². The fourth-order valence-corrected chi connectivity index (χ4v) is 3.40. The minimum atomic E-state index is -0.0617. The van der Waals surface area contributed by atoms with Crippen LogP contribution in [-0.4, -0.2) is 24.5 Å². The lowest BCUT2D eigenvalue weighted by molar-refractivity contribution is 0.207. The van der Waals surface area contributed by atoms with E-state index in [0.717, 1.165) is 15.6 Å². The predicted octanol–water partition coefficient (Wildman–Crippen LogP) is 4.91. The second-order valence-corrected chi connectivity index (χ2v) is 7.74. The zero-order valence-electron chi connectivity index (χ0n) is 13.8. The third kappa shape index (κ3) is 5.56. The van der Waals surface area contributed by atoms with Gasteiger partial charge in [-0.2, -0.15) is 0 Å². The van der Waals surface area contributed by atoms with E-state index < -0.39 is 0 Å². The van der Waals surface area contributed by atoms with E-state index in [1.165, 1.54) is 22.5 Å². The molecule has 0 saturated carbocycles. The van der Waals surface area contributed by atoms with Crippen LogP contribution >= 0.6 is 22.9 Å². The molecule has 2 rings (SSSR count). The average Bonchev–Trinajstić information content (AvgIpc) is 2.92. The van der Waals surface area contributed by atoms with Crippen molar-refractivity contribution in [2.24, 2.45) is 0 Å². The predicted molar refractivity (Wildman–Crippen MR) is 98.4 cm³/mol. The minimum absolute atomic E-state index is 0.0617. The lowest BCUT2D eigenvalue weighted by atomic mass is 10.0. The summed E-state index contributed by atoms with van der Waals surface area (Å²) in [6, 6.07) is 12.3. The Bertz CT molecular complexity index is 637. The molecular formula is C18H23ClN2OS. The summed E-state index contributed by atoms with van der Waals surface area (Å²) < 4.78 is 0.749. The van der Waals surface area contributed by atoms with Crippen molar-refractivity contribution in [1.82, 2.24) is 10.2 Å². The van der Waals surface area contributed by atoms with Crippen molar-refractivity contribution in [3.8, 4) is 0 Å². The van der Waals surface area contributed by atoms with E-state index in [1.807, 2.05) is 12.1 Å². The Morgan fingerprint density at radius 1 is 1.22 bits per heavy atom. The van der Waals surface area contributed by atoms with E-state index in [4.69, 9.17) is 11.6 Å². The van der Waals surface area contributed by atoms with Gasteiger partial charge in [-0.05, 0) is 35.6 Å². The fraction of sp³-hybridized carbons (Fsp3) is 0.389. The Morgan fingerprint density at radius 3 is 2.48 bits per heavy atom. The van der Waals surface area contributed by atoms with Crippen LogP contribution in [-0.2, 0) is 13.0 Å². The summed E-state index contributed by atoms with van der Waals surface area (Å²) in [5.41, 5.74) is 2.58. The molecule has 1 heterocycles. The summed E-state index contributed by atoms with van der Waals surface area (Å²) in [4.78, 5) is 14.8. The molecule has 5 heteroatoms. The van der Waals surface area contributed by atoms with Gasteiger partial charge in [0.05, 0.1) is 10.9 Å². The molecule has 1 aromatic heterocycles. The molecule has 0 radical (unpaired) electrons. The second-order valence-electron chi connectivity index (χ2n) is 5.94. The maximum absolute atomic E-state index is 12.1. The molecule has 124 valence electrons. The van der Waals surface area contributed by atoms with Crippen LogP contribution in [0.15, 0.2) is 36.4 Å². The van der Waals surface area contributed by atoms with Crippen molar-refractivity contribution < 1.29 is 4.79 Å². The molecule has 0 bridgehead atoms. The molecule has 1 N–H and O–H groups in total. The number of amides is 2. The Kier molecular flexibility index (Phi) is 6.48. The maximum atomic E-state index is 12.1. The molecule has 2 aromatic rings. The lowest BCUT2D eigenvalue weighted by Crippen LogP contribution is -2.37. The first kappa shape index (κ1) is 17.8. The van der Waals surface area contributed by atoms with Crippen molar-refractivity contribution in [3.63, 3.8) is 0 Å². The van der Waals surface area contributed by atoms with Gasteiger partial charge < -0.3 is 10.2 Å². The number of nitrogens with one attached hydrogen (secondary N) is 1. The number of halogens is 1. The summed E-state index contributed by atoms with van der Waals surface area (Å²) in [5, 5.41) is 2.95. The SMILES string of the molecule is CC(C)c1ccc(CCNC(=O)N(C)Cc2ccc(Cl)s2)cc1. The first-order chi connectivity index (χ1) is 11.0. The number of carbonyl (C=O) groups is 1. The van der Waals surface area contributed by atoms with E-state index >= 15 is 0 Å². The molecule has 3 nitrogen and oxygen atoms in total. The standard InChI is InChI=1S/C18H23ClN2OS/c1-13(2)15-6-4-14(5-7-15)10-11-20-18(22)21(3)12-16-8-9-17(19)23-16/h4-9,13H,10-12H2,1-3H3,(H,20,22). The fourth-order valence-electron chi connectivity index (χ4n) is 2.26. The topological polar surface area (TPSA) is 32.3 Å². The zero-order valence-corrected chi connectivity index (χ0v) is 15.4. The van der Waals surface area contributed by atoms with Gasteiger partial charge in [-0.3, -0.25) is 0 Å². The van der Waals surface area contributed by atoms with Crippen molar-refractivity contribution in [1.29, 1.82) is 0 Å². The van der Waals surface area contributed by atoms with Gasteiger partial charge in [0.1, 0.15) is 0 Å². The van der Waals surface area contributed by atoms with Gasteiger partial charge in [-0.15, -0.1) is 11.3 Å². The monoisotopic (exact) mass is 350 g/mol. The number of thiophene rings is 1. The van der Waals surface area contributed by atoms with E-state index in [0.29, 0.717) is 19.0 Å². The summed E-state index contributed by atoms with van der Waals surface area (Å²) in [6.07, 6.45) is 0.836. The molecule has 0 aliphatic rings. The summed E-state index contributed by atoms with van der Waals surface area (Å²) >= 11 is 7.41. The van der Waals surface area contributed by atoms with Crippen LogP contribution in [0.1, 0.15) is 35.8 Å². The maximum Gasteiger partial charge on any atom is 0.317 e. The van der Waals surface area contributed by atoms with Gasteiger partial charge in [0.15, 0.2) is 0 Å². The summed E-state index contributed by atoms with van der Waals surface area (Å²) in [6.45, 7) is 5.58. The first-order valence-corrected chi connectivity index (χ1v) is 8.97. The number of carbonyl (C=O) groups excluding carboxylic acids is 1. The van der Waals surface area contributed by atoms with Crippen molar-refractivity contribution in [2.75, 3.05) is 13.6 Å². The smallest absolute Gasteiger partial charge is 0.317 e. The van der Waals surface area contributed by atoms with Gasteiger partial charge in [0.2, 0.25) is 0 Å². The summed E-state index contributed by atoms with van der Waals surface area (Å²) in [7, 11) is 1.79.